The van der Waals surface area contributed by atoms with Gasteiger partial charge >= 0.3 is 12.1 Å². The third kappa shape index (κ3) is 6.41. The summed E-state index contributed by atoms with van der Waals surface area (Å²) in [5.74, 6) is 0.0793. The van der Waals surface area contributed by atoms with Crippen molar-refractivity contribution in [2.75, 3.05) is 53.4 Å². The smallest absolute Gasteiger partial charge is 0.320 e. The highest BCUT2D eigenvalue weighted by Gasteiger charge is 2.35. The van der Waals surface area contributed by atoms with Gasteiger partial charge in [0.15, 0.2) is 12.6 Å². The highest BCUT2D eigenvalue weighted by molar-refractivity contribution is 5.90. The molecule has 0 saturated heterocycles. The number of hydrogen-bond acceptors (Lipinski definition) is 7. The second kappa shape index (κ2) is 13.0. The topological polar surface area (TPSA) is 128 Å². The van der Waals surface area contributed by atoms with Crippen LogP contribution in [0.2, 0.25) is 0 Å². The number of urea groups is 2. The van der Waals surface area contributed by atoms with Gasteiger partial charge in [-0.3, -0.25) is 5.32 Å². The predicted octanol–water partition coefficient (Wildman–Crippen LogP) is 2.62. The number of benzene rings is 1. The molecule has 12 nitrogen and oxygen atoms in total. The number of halogens is 1. The Hall–Kier alpha value is -3.26. The Morgan fingerprint density at radius 3 is 2.13 bits per heavy atom. The second-order valence-corrected chi connectivity index (χ2v) is 8.96. The Bertz CT molecular complexity index is 1110. The first-order valence-electron chi connectivity index (χ1n) is 12.2. The SMILES string of the molecule is COC(CNC(=O)Nc1c2c(nn1-c1cc(C)c(F)c(C)c1)CCN(C(=O)NCC(OC)OC)[C@H]2C)OC. The zero-order chi connectivity index (χ0) is 28.0. The minimum absolute atomic E-state index is 0.105. The fourth-order valence-corrected chi connectivity index (χ4v) is 4.43. The van der Waals surface area contributed by atoms with Crippen molar-refractivity contribution in [3.63, 3.8) is 0 Å². The van der Waals surface area contributed by atoms with Gasteiger partial charge in [-0.15, -0.1) is 0 Å². The van der Waals surface area contributed by atoms with E-state index >= 15 is 0 Å². The first kappa shape index (κ1) is 29.3. The number of fused-ring (bicyclic) bond motifs is 1. The molecule has 0 bridgehead atoms. The molecule has 13 heteroatoms. The van der Waals surface area contributed by atoms with Crippen molar-refractivity contribution in [1.29, 1.82) is 0 Å². The van der Waals surface area contributed by atoms with Crippen LogP contribution in [0.3, 0.4) is 0 Å². The number of rotatable bonds is 10. The van der Waals surface area contributed by atoms with Gasteiger partial charge < -0.3 is 34.5 Å². The molecule has 210 valence electrons. The van der Waals surface area contributed by atoms with Crippen molar-refractivity contribution in [3.05, 3.63) is 40.3 Å². The summed E-state index contributed by atoms with van der Waals surface area (Å²) in [5.41, 5.74) is 2.91. The standard InChI is InChI=1S/C25H37FN6O6/c1-14-10-17(11-15(2)22(14)26)32-23(29-24(33)27-12-19(35-4)36-5)21-16(3)31(9-8-18(21)30-32)25(34)28-13-20(37-6)38-7/h10-11,16,19-20H,8-9,12-13H2,1-7H3,(H,28,34)(H2,27,29,33)/t16-/m0/s1. The van der Waals surface area contributed by atoms with E-state index in [-0.39, 0.29) is 24.9 Å². The number of nitrogens with one attached hydrogen (secondary N) is 3. The number of hydrogen-bond donors (Lipinski definition) is 3. The molecule has 2 heterocycles. The molecule has 1 aromatic heterocycles. The number of ether oxygens (including phenoxy) is 4. The third-order valence-electron chi connectivity index (χ3n) is 6.53. The monoisotopic (exact) mass is 536 g/mol. The second-order valence-electron chi connectivity index (χ2n) is 8.96. The molecule has 3 rings (SSSR count). The maximum absolute atomic E-state index is 14.4. The molecule has 38 heavy (non-hydrogen) atoms. The lowest BCUT2D eigenvalue weighted by Gasteiger charge is -2.34. The van der Waals surface area contributed by atoms with E-state index in [1.807, 2.05) is 6.92 Å². The van der Waals surface area contributed by atoms with Crippen LogP contribution in [0.5, 0.6) is 0 Å². The van der Waals surface area contributed by atoms with Crippen LogP contribution < -0.4 is 16.0 Å². The average Bonchev–Trinajstić information content (AvgIpc) is 3.27. The van der Waals surface area contributed by atoms with E-state index in [4.69, 9.17) is 24.0 Å². The van der Waals surface area contributed by atoms with E-state index in [1.165, 1.54) is 28.4 Å². The molecule has 0 radical (unpaired) electrons. The number of aromatic nitrogens is 2. The number of anilines is 1. The van der Waals surface area contributed by atoms with Crippen molar-refractivity contribution in [2.24, 2.45) is 0 Å². The van der Waals surface area contributed by atoms with Crippen LogP contribution in [0.4, 0.5) is 19.8 Å². The highest BCUT2D eigenvalue weighted by Crippen LogP contribution is 2.37. The zero-order valence-corrected chi connectivity index (χ0v) is 22.9. The van der Waals surface area contributed by atoms with Gasteiger partial charge in [0.1, 0.15) is 11.6 Å². The summed E-state index contributed by atoms with van der Waals surface area (Å²) in [5, 5.41) is 13.2. The van der Waals surface area contributed by atoms with E-state index in [2.05, 4.69) is 16.0 Å². The molecule has 1 aliphatic rings. The number of carbonyl (C=O) groups excluding carboxylic acids is 2. The molecule has 0 fully saturated rings. The Kier molecular flexibility index (Phi) is 10.0. The zero-order valence-electron chi connectivity index (χ0n) is 22.9. The van der Waals surface area contributed by atoms with Crippen molar-refractivity contribution in [2.45, 2.75) is 45.8 Å². The largest absolute Gasteiger partial charge is 0.354 e. The minimum atomic E-state index is -0.622. The number of methoxy groups -OCH3 is 4. The molecule has 0 unspecified atom stereocenters. The maximum Gasteiger partial charge on any atom is 0.320 e. The lowest BCUT2D eigenvalue weighted by molar-refractivity contribution is -0.0976. The van der Waals surface area contributed by atoms with Crippen LogP contribution >= 0.6 is 0 Å². The molecule has 1 atom stereocenters. The van der Waals surface area contributed by atoms with Gasteiger partial charge in [0.2, 0.25) is 0 Å². The minimum Gasteiger partial charge on any atom is -0.354 e. The van der Waals surface area contributed by atoms with Gasteiger partial charge in [-0.1, -0.05) is 0 Å². The first-order chi connectivity index (χ1) is 18.1. The maximum atomic E-state index is 14.4. The molecule has 0 saturated carbocycles. The van der Waals surface area contributed by atoms with Gasteiger partial charge in [0, 0.05) is 47.0 Å². The van der Waals surface area contributed by atoms with Crippen LogP contribution in [-0.2, 0) is 25.4 Å². The molecule has 1 aliphatic heterocycles. The molecule has 0 aliphatic carbocycles. The van der Waals surface area contributed by atoms with E-state index in [0.717, 1.165) is 5.69 Å². The lowest BCUT2D eigenvalue weighted by atomic mass is 9.99. The summed E-state index contributed by atoms with van der Waals surface area (Å²) in [6, 6.07) is 2.09. The van der Waals surface area contributed by atoms with Crippen LogP contribution in [0.25, 0.3) is 5.69 Å². The molecule has 4 amide bonds. The fraction of sp³-hybridized carbons (Fsp3) is 0.560. The van der Waals surface area contributed by atoms with Crippen molar-refractivity contribution < 1.29 is 32.9 Å². The van der Waals surface area contributed by atoms with Crippen LogP contribution in [0.1, 0.15) is 35.3 Å². The Morgan fingerprint density at radius 1 is 1.03 bits per heavy atom. The Balaban J connectivity index is 1.96. The summed E-state index contributed by atoms with van der Waals surface area (Å²) in [6.45, 7) is 5.90. The number of amides is 4. The molecular formula is C25H37FN6O6. The summed E-state index contributed by atoms with van der Waals surface area (Å²) in [7, 11) is 5.93. The normalized spacial score (nSPS) is 15.1. The summed E-state index contributed by atoms with van der Waals surface area (Å²) < 4.78 is 36.5. The number of aryl methyl sites for hydroxylation is 2. The Labute approximate surface area is 221 Å². The van der Waals surface area contributed by atoms with Gasteiger partial charge in [-0.05, 0) is 44.0 Å². The van der Waals surface area contributed by atoms with Crippen molar-refractivity contribution >= 4 is 17.9 Å². The fourth-order valence-electron chi connectivity index (χ4n) is 4.43. The van der Waals surface area contributed by atoms with Gasteiger partial charge in [0.05, 0.1) is 30.5 Å². The van der Waals surface area contributed by atoms with Crippen LogP contribution in [0.15, 0.2) is 12.1 Å². The molecule has 0 spiro atoms. The van der Waals surface area contributed by atoms with E-state index in [9.17, 15) is 14.0 Å². The van der Waals surface area contributed by atoms with Crippen LogP contribution in [-0.4, -0.2) is 87.4 Å². The molecule has 2 aromatic rings. The van der Waals surface area contributed by atoms with Crippen molar-refractivity contribution in [3.8, 4) is 5.69 Å². The summed E-state index contributed by atoms with van der Waals surface area (Å²) in [6.07, 6.45) is -0.738. The molecule has 1 aromatic carbocycles. The molecular weight excluding hydrogens is 499 g/mol. The van der Waals surface area contributed by atoms with Crippen LogP contribution in [0, 0.1) is 19.7 Å². The quantitative estimate of drug-likeness (QED) is 0.398. The van der Waals surface area contributed by atoms with Gasteiger partial charge in [-0.25, -0.2) is 18.7 Å². The van der Waals surface area contributed by atoms with Crippen molar-refractivity contribution in [1.82, 2.24) is 25.3 Å². The van der Waals surface area contributed by atoms with E-state index in [1.54, 1.807) is 35.6 Å². The number of nitrogens with zero attached hydrogens (tertiary/aromatic N) is 3. The Morgan fingerprint density at radius 2 is 1.58 bits per heavy atom. The van der Waals surface area contributed by atoms with Gasteiger partial charge in [0.25, 0.3) is 0 Å². The van der Waals surface area contributed by atoms with Gasteiger partial charge in [-0.2, -0.15) is 5.10 Å². The number of carbonyl (C=O) groups is 2. The molecule has 3 N–H and O–H groups in total. The highest BCUT2D eigenvalue weighted by atomic mass is 19.1. The van der Waals surface area contributed by atoms with E-state index in [0.29, 0.717) is 41.2 Å². The summed E-state index contributed by atoms with van der Waals surface area (Å²) >= 11 is 0. The third-order valence-corrected chi connectivity index (χ3v) is 6.53. The predicted molar refractivity (Wildman–Crippen MR) is 138 cm³/mol. The van der Waals surface area contributed by atoms with E-state index < -0.39 is 24.7 Å². The first-order valence-corrected chi connectivity index (χ1v) is 12.2. The average molecular weight is 537 g/mol. The lowest BCUT2D eigenvalue weighted by Crippen LogP contribution is -2.47. The summed E-state index contributed by atoms with van der Waals surface area (Å²) in [4.78, 5) is 27.6.